The first-order valence-electron chi connectivity index (χ1n) is 6.44. The molecule has 4 nitrogen and oxygen atoms in total. The monoisotopic (exact) mass is 309 g/mol. The Bertz CT molecular complexity index is 509. The maximum Gasteiger partial charge on any atom is 0.436 e. The number of carbonyl (C=O) groups is 1. The fourth-order valence-corrected chi connectivity index (χ4v) is 2.44. The van der Waals surface area contributed by atoms with E-state index in [4.69, 9.17) is 11.6 Å². The summed E-state index contributed by atoms with van der Waals surface area (Å²) in [4.78, 5) is 11.4. The molecule has 1 heterocycles. The highest BCUT2D eigenvalue weighted by Gasteiger charge is 2.41. The SMILES string of the molecule is CCNC(=O)CCn1nc(C(F)(F)F)c(Cl)c1C1CC1. The van der Waals surface area contributed by atoms with Gasteiger partial charge in [0.25, 0.3) is 0 Å². The van der Waals surface area contributed by atoms with Gasteiger partial charge < -0.3 is 5.32 Å². The van der Waals surface area contributed by atoms with E-state index in [0.717, 1.165) is 12.8 Å². The predicted molar refractivity (Wildman–Crippen MR) is 67.5 cm³/mol. The van der Waals surface area contributed by atoms with Crippen LogP contribution in [0.5, 0.6) is 0 Å². The van der Waals surface area contributed by atoms with Crippen molar-refractivity contribution in [1.82, 2.24) is 15.1 Å². The summed E-state index contributed by atoms with van der Waals surface area (Å²) in [6.45, 7) is 2.37. The molecule has 0 bridgehead atoms. The van der Waals surface area contributed by atoms with E-state index in [-0.39, 0.29) is 29.8 Å². The number of aromatic nitrogens is 2. The molecule has 0 spiro atoms. The number of nitrogens with one attached hydrogen (secondary N) is 1. The lowest BCUT2D eigenvalue weighted by molar-refractivity contribution is -0.141. The van der Waals surface area contributed by atoms with Gasteiger partial charge in [-0.2, -0.15) is 18.3 Å². The van der Waals surface area contributed by atoms with Gasteiger partial charge in [-0.15, -0.1) is 0 Å². The van der Waals surface area contributed by atoms with E-state index in [1.807, 2.05) is 0 Å². The Labute approximate surface area is 119 Å². The molecule has 1 amide bonds. The summed E-state index contributed by atoms with van der Waals surface area (Å²) in [5, 5.41) is 5.83. The van der Waals surface area contributed by atoms with Crippen LogP contribution in [0.25, 0.3) is 0 Å². The number of halogens is 4. The van der Waals surface area contributed by atoms with E-state index in [9.17, 15) is 18.0 Å². The molecule has 1 aliphatic carbocycles. The minimum atomic E-state index is -4.57. The van der Waals surface area contributed by atoms with Crippen LogP contribution in [-0.2, 0) is 17.5 Å². The van der Waals surface area contributed by atoms with Crippen LogP contribution in [0.1, 0.15) is 43.5 Å². The lowest BCUT2D eigenvalue weighted by Crippen LogP contribution is -2.24. The number of carbonyl (C=O) groups excluding carboxylic acids is 1. The zero-order chi connectivity index (χ0) is 14.9. The molecular formula is C12H15ClF3N3O. The number of hydrogen-bond donors (Lipinski definition) is 1. The highest BCUT2D eigenvalue weighted by molar-refractivity contribution is 6.32. The summed E-state index contributed by atoms with van der Waals surface area (Å²) in [5.41, 5.74) is -0.653. The maximum atomic E-state index is 12.8. The molecule has 20 heavy (non-hydrogen) atoms. The maximum absolute atomic E-state index is 12.8. The first-order valence-corrected chi connectivity index (χ1v) is 6.82. The quantitative estimate of drug-likeness (QED) is 0.909. The number of aryl methyl sites for hydroxylation is 1. The van der Waals surface area contributed by atoms with E-state index in [0.29, 0.717) is 12.2 Å². The first kappa shape index (κ1) is 15.2. The minimum Gasteiger partial charge on any atom is -0.356 e. The molecule has 2 rings (SSSR count). The molecule has 1 N–H and O–H groups in total. The van der Waals surface area contributed by atoms with Gasteiger partial charge in [-0.25, -0.2) is 0 Å². The normalized spacial score (nSPS) is 15.4. The zero-order valence-electron chi connectivity index (χ0n) is 10.9. The van der Waals surface area contributed by atoms with Gasteiger partial charge in [0.2, 0.25) is 5.91 Å². The van der Waals surface area contributed by atoms with E-state index >= 15 is 0 Å². The zero-order valence-corrected chi connectivity index (χ0v) is 11.7. The van der Waals surface area contributed by atoms with Gasteiger partial charge in [-0.3, -0.25) is 9.48 Å². The molecular weight excluding hydrogens is 295 g/mol. The lowest BCUT2D eigenvalue weighted by atomic mass is 10.2. The molecule has 0 saturated heterocycles. The molecule has 0 radical (unpaired) electrons. The molecule has 112 valence electrons. The molecule has 0 unspecified atom stereocenters. The van der Waals surface area contributed by atoms with Crippen LogP contribution >= 0.6 is 11.6 Å². The van der Waals surface area contributed by atoms with Gasteiger partial charge in [-0.1, -0.05) is 11.6 Å². The molecule has 8 heteroatoms. The van der Waals surface area contributed by atoms with Crippen molar-refractivity contribution in [2.75, 3.05) is 6.54 Å². The van der Waals surface area contributed by atoms with Gasteiger partial charge >= 0.3 is 6.18 Å². The van der Waals surface area contributed by atoms with Crippen LogP contribution in [0.15, 0.2) is 0 Å². The van der Waals surface area contributed by atoms with Crippen molar-refractivity contribution >= 4 is 17.5 Å². The van der Waals surface area contributed by atoms with E-state index in [1.54, 1.807) is 6.92 Å². The highest BCUT2D eigenvalue weighted by Crippen LogP contribution is 2.46. The molecule has 1 aliphatic rings. The number of hydrogen-bond acceptors (Lipinski definition) is 2. The molecule has 1 fully saturated rings. The molecule has 1 aromatic heterocycles. The average Bonchev–Trinajstić information content (AvgIpc) is 3.10. The molecule has 0 atom stereocenters. The van der Waals surface area contributed by atoms with Crippen molar-refractivity contribution in [3.05, 3.63) is 16.4 Å². The highest BCUT2D eigenvalue weighted by atomic mass is 35.5. The van der Waals surface area contributed by atoms with Gasteiger partial charge in [0.1, 0.15) is 0 Å². The average molecular weight is 310 g/mol. The van der Waals surface area contributed by atoms with Gasteiger partial charge in [0.15, 0.2) is 5.69 Å². The smallest absolute Gasteiger partial charge is 0.356 e. The number of rotatable bonds is 5. The minimum absolute atomic E-state index is 0.0281. The Balaban J connectivity index is 2.21. The number of amides is 1. The van der Waals surface area contributed by atoms with Crippen molar-refractivity contribution < 1.29 is 18.0 Å². The van der Waals surface area contributed by atoms with Crippen molar-refractivity contribution in [3.63, 3.8) is 0 Å². The summed E-state index contributed by atoms with van der Waals surface area (Å²) >= 11 is 5.82. The topological polar surface area (TPSA) is 46.9 Å². The van der Waals surface area contributed by atoms with E-state index in [1.165, 1.54) is 4.68 Å². The Kier molecular flexibility index (Phi) is 4.27. The van der Waals surface area contributed by atoms with E-state index < -0.39 is 11.9 Å². The van der Waals surface area contributed by atoms with Gasteiger partial charge in [0, 0.05) is 18.9 Å². The summed E-state index contributed by atoms with van der Waals surface area (Å²) in [6.07, 6.45) is -2.87. The third-order valence-electron chi connectivity index (χ3n) is 3.09. The summed E-state index contributed by atoms with van der Waals surface area (Å²) in [7, 11) is 0. The fraction of sp³-hybridized carbons (Fsp3) is 0.667. The second-order valence-electron chi connectivity index (χ2n) is 4.75. The van der Waals surface area contributed by atoms with Gasteiger partial charge in [-0.05, 0) is 19.8 Å². The molecule has 1 aromatic rings. The van der Waals surface area contributed by atoms with Crippen LogP contribution in [0.4, 0.5) is 13.2 Å². The summed E-state index contributed by atoms with van der Waals surface area (Å²) in [6, 6.07) is 0. The predicted octanol–water partition coefficient (Wildman–Crippen LogP) is 2.96. The molecule has 1 saturated carbocycles. The second-order valence-corrected chi connectivity index (χ2v) is 5.12. The molecule has 0 aliphatic heterocycles. The van der Waals surface area contributed by atoms with Crippen molar-refractivity contribution in [2.45, 2.75) is 44.8 Å². The van der Waals surface area contributed by atoms with E-state index in [2.05, 4.69) is 10.4 Å². The molecule has 0 aromatic carbocycles. The third kappa shape index (κ3) is 3.26. The Morgan fingerprint density at radius 3 is 2.65 bits per heavy atom. The van der Waals surface area contributed by atoms with Crippen LogP contribution < -0.4 is 5.32 Å². The Hall–Kier alpha value is -1.24. The number of alkyl halides is 3. The third-order valence-corrected chi connectivity index (χ3v) is 3.46. The lowest BCUT2D eigenvalue weighted by Gasteiger charge is -2.06. The summed E-state index contributed by atoms with van der Waals surface area (Å²) in [5.74, 6) is -0.185. The van der Waals surface area contributed by atoms with Crippen LogP contribution in [-0.4, -0.2) is 22.2 Å². The first-order chi connectivity index (χ1) is 9.34. The standard InChI is InChI=1S/C12H15ClF3N3O/c1-2-17-8(20)5-6-19-10(7-3-4-7)9(13)11(18-19)12(14,15)16/h7H,2-6H2,1H3,(H,17,20). The number of nitrogens with zero attached hydrogens (tertiary/aromatic N) is 2. The van der Waals surface area contributed by atoms with Crippen LogP contribution in [0.2, 0.25) is 5.02 Å². The Morgan fingerprint density at radius 1 is 1.50 bits per heavy atom. The van der Waals surface area contributed by atoms with Gasteiger partial charge in [0.05, 0.1) is 17.3 Å². The van der Waals surface area contributed by atoms with Crippen molar-refractivity contribution in [3.8, 4) is 0 Å². The van der Waals surface area contributed by atoms with Crippen LogP contribution in [0, 0.1) is 0 Å². The van der Waals surface area contributed by atoms with Crippen molar-refractivity contribution in [1.29, 1.82) is 0 Å². The fourth-order valence-electron chi connectivity index (χ4n) is 2.04. The largest absolute Gasteiger partial charge is 0.436 e. The Morgan fingerprint density at radius 2 is 2.15 bits per heavy atom. The van der Waals surface area contributed by atoms with Crippen LogP contribution in [0.3, 0.4) is 0 Å². The summed E-state index contributed by atoms with van der Waals surface area (Å²) < 4.78 is 39.7. The van der Waals surface area contributed by atoms with Crippen molar-refractivity contribution in [2.24, 2.45) is 0 Å². The second kappa shape index (κ2) is 5.63.